The van der Waals surface area contributed by atoms with Gasteiger partial charge in [0.25, 0.3) is 0 Å². The Labute approximate surface area is 97.6 Å². The molecule has 0 aromatic rings. The van der Waals surface area contributed by atoms with Gasteiger partial charge in [0, 0.05) is 26.1 Å². The molecule has 4 nitrogen and oxygen atoms in total. The molecule has 4 heteroatoms. The molecule has 0 bridgehead atoms. The molecule has 1 atom stereocenters. The van der Waals surface area contributed by atoms with E-state index in [0.29, 0.717) is 6.42 Å². The van der Waals surface area contributed by atoms with Crippen LogP contribution in [-0.4, -0.2) is 37.0 Å². The zero-order valence-electron chi connectivity index (χ0n) is 10.0. The fourth-order valence-corrected chi connectivity index (χ4v) is 2.07. The van der Waals surface area contributed by atoms with Gasteiger partial charge < -0.3 is 10.2 Å². The molecule has 1 unspecified atom stereocenters. The first-order valence-corrected chi connectivity index (χ1v) is 6.15. The highest BCUT2D eigenvalue weighted by molar-refractivity contribution is 5.78. The summed E-state index contributed by atoms with van der Waals surface area (Å²) in [7, 11) is 0. The number of amides is 1. The van der Waals surface area contributed by atoms with E-state index in [1.165, 1.54) is 0 Å². The molecular formula is C12H21N3O. The smallest absolute Gasteiger partial charge is 0.224 e. The van der Waals surface area contributed by atoms with Crippen LogP contribution < -0.4 is 5.32 Å². The van der Waals surface area contributed by atoms with Crippen LogP contribution in [0, 0.1) is 17.2 Å². The number of rotatable bonds is 5. The average Bonchev–Trinajstić information content (AvgIpc) is 2.33. The summed E-state index contributed by atoms with van der Waals surface area (Å²) in [5.74, 6) is 0.308. The van der Waals surface area contributed by atoms with E-state index in [-0.39, 0.29) is 11.8 Å². The maximum atomic E-state index is 11.8. The average molecular weight is 223 g/mol. The maximum Gasteiger partial charge on any atom is 0.224 e. The van der Waals surface area contributed by atoms with Crippen LogP contribution in [0.3, 0.4) is 0 Å². The summed E-state index contributed by atoms with van der Waals surface area (Å²) < 4.78 is 0. The molecule has 0 spiro atoms. The van der Waals surface area contributed by atoms with Crippen LogP contribution >= 0.6 is 0 Å². The monoisotopic (exact) mass is 223 g/mol. The highest BCUT2D eigenvalue weighted by Gasteiger charge is 2.24. The second kappa shape index (κ2) is 7.24. The zero-order valence-corrected chi connectivity index (χ0v) is 10.0. The Morgan fingerprint density at radius 2 is 2.44 bits per heavy atom. The molecule has 1 rings (SSSR count). The molecule has 1 aliphatic heterocycles. The predicted octanol–water partition coefficient (Wildman–Crippen LogP) is 1.14. The number of carbonyl (C=O) groups excluding carboxylic acids is 1. The number of nitriles is 1. The third kappa shape index (κ3) is 4.19. The van der Waals surface area contributed by atoms with Crippen molar-refractivity contribution in [2.75, 3.05) is 26.2 Å². The lowest BCUT2D eigenvalue weighted by atomic mass is 9.97. The fraction of sp³-hybridized carbons (Fsp3) is 0.833. The molecule has 1 saturated heterocycles. The number of likely N-dealkylation sites (tertiary alicyclic amines) is 1. The van der Waals surface area contributed by atoms with Crippen LogP contribution in [0.4, 0.5) is 0 Å². The van der Waals surface area contributed by atoms with Crippen molar-refractivity contribution in [2.45, 2.75) is 32.6 Å². The number of hydrogen-bond acceptors (Lipinski definition) is 3. The zero-order chi connectivity index (χ0) is 11.8. The molecule has 90 valence electrons. The minimum atomic E-state index is 0.124. The summed E-state index contributed by atoms with van der Waals surface area (Å²) in [6.07, 6.45) is 3.59. The van der Waals surface area contributed by atoms with Gasteiger partial charge in [-0.1, -0.05) is 6.92 Å². The van der Waals surface area contributed by atoms with E-state index in [9.17, 15) is 4.79 Å². The first kappa shape index (κ1) is 13.0. The van der Waals surface area contributed by atoms with Crippen molar-refractivity contribution in [3.8, 4) is 6.07 Å². The molecule has 1 aliphatic rings. The van der Waals surface area contributed by atoms with Crippen LogP contribution in [0.2, 0.25) is 0 Å². The van der Waals surface area contributed by atoms with Crippen LogP contribution in [-0.2, 0) is 4.79 Å². The lowest BCUT2D eigenvalue weighted by Crippen LogP contribution is -2.43. The first-order valence-electron chi connectivity index (χ1n) is 6.15. The highest BCUT2D eigenvalue weighted by atomic mass is 16.1. The Kier molecular flexibility index (Phi) is 5.87. The number of piperidine rings is 1. The number of nitrogens with zero attached hydrogens (tertiary/aromatic N) is 2. The summed E-state index contributed by atoms with van der Waals surface area (Å²) in [5, 5.41) is 11.5. The van der Waals surface area contributed by atoms with Gasteiger partial charge in [0.2, 0.25) is 5.91 Å². The largest absolute Gasteiger partial charge is 0.356 e. The Bertz CT molecular complexity index is 259. The van der Waals surface area contributed by atoms with Crippen molar-refractivity contribution in [3.63, 3.8) is 0 Å². The molecule has 0 radical (unpaired) electrons. The predicted molar refractivity (Wildman–Crippen MR) is 62.7 cm³/mol. The van der Waals surface area contributed by atoms with Crippen molar-refractivity contribution in [1.29, 1.82) is 5.26 Å². The lowest BCUT2D eigenvalue weighted by molar-refractivity contribution is -0.126. The molecule has 0 aromatic heterocycles. The van der Waals surface area contributed by atoms with Crippen molar-refractivity contribution in [2.24, 2.45) is 5.92 Å². The summed E-state index contributed by atoms with van der Waals surface area (Å²) >= 11 is 0. The summed E-state index contributed by atoms with van der Waals surface area (Å²) in [6.45, 7) is 5.47. The van der Waals surface area contributed by atoms with Crippen LogP contribution in [0.1, 0.15) is 32.6 Å². The third-order valence-electron chi connectivity index (χ3n) is 2.97. The van der Waals surface area contributed by atoms with Gasteiger partial charge in [-0.3, -0.25) is 4.79 Å². The molecule has 1 N–H and O–H groups in total. The van der Waals surface area contributed by atoms with E-state index in [4.69, 9.17) is 5.26 Å². The fourth-order valence-electron chi connectivity index (χ4n) is 2.07. The van der Waals surface area contributed by atoms with E-state index in [0.717, 1.165) is 45.4 Å². The third-order valence-corrected chi connectivity index (χ3v) is 2.97. The van der Waals surface area contributed by atoms with E-state index in [2.05, 4.69) is 23.2 Å². The standard InChI is InChI=1S/C12H21N3O/c1-2-7-14-12(16)11-5-3-8-15(10-11)9-4-6-13/h11H,2-5,7-10H2,1H3,(H,14,16). The Morgan fingerprint density at radius 3 is 3.12 bits per heavy atom. The lowest BCUT2D eigenvalue weighted by Gasteiger charge is -2.31. The first-order chi connectivity index (χ1) is 7.77. The van der Waals surface area contributed by atoms with Gasteiger partial charge in [-0.2, -0.15) is 5.26 Å². The molecular weight excluding hydrogens is 202 g/mol. The summed E-state index contributed by atoms with van der Waals surface area (Å²) in [4.78, 5) is 14.0. The second-order valence-electron chi connectivity index (χ2n) is 4.34. The Balaban J connectivity index is 2.32. The van der Waals surface area contributed by atoms with Gasteiger partial charge >= 0.3 is 0 Å². The van der Waals surface area contributed by atoms with Crippen LogP contribution in [0.25, 0.3) is 0 Å². The van der Waals surface area contributed by atoms with Crippen molar-refractivity contribution < 1.29 is 4.79 Å². The van der Waals surface area contributed by atoms with Crippen molar-refractivity contribution in [3.05, 3.63) is 0 Å². The van der Waals surface area contributed by atoms with Gasteiger partial charge in [-0.15, -0.1) is 0 Å². The topological polar surface area (TPSA) is 56.1 Å². The molecule has 0 saturated carbocycles. The van der Waals surface area contributed by atoms with Gasteiger partial charge in [0.1, 0.15) is 0 Å². The maximum absolute atomic E-state index is 11.8. The van der Waals surface area contributed by atoms with Gasteiger partial charge in [-0.05, 0) is 25.8 Å². The minimum Gasteiger partial charge on any atom is -0.356 e. The highest BCUT2D eigenvalue weighted by Crippen LogP contribution is 2.16. The molecule has 1 fully saturated rings. The Morgan fingerprint density at radius 1 is 1.62 bits per heavy atom. The Hall–Kier alpha value is -1.08. The van der Waals surface area contributed by atoms with Gasteiger partial charge in [-0.25, -0.2) is 0 Å². The van der Waals surface area contributed by atoms with E-state index >= 15 is 0 Å². The quantitative estimate of drug-likeness (QED) is 0.760. The normalized spacial score (nSPS) is 21.4. The van der Waals surface area contributed by atoms with E-state index < -0.39 is 0 Å². The molecule has 0 aliphatic carbocycles. The van der Waals surface area contributed by atoms with Crippen LogP contribution in [0.15, 0.2) is 0 Å². The van der Waals surface area contributed by atoms with E-state index in [1.807, 2.05) is 0 Å². The van der Waals surface area contributed by atoms with Crippen LogP contribution in [0.5, 0.6) is 0 Å². The van der Waals surface area contributed by atoms with E-state index in [1.54, 1.807) is 0 Å². The van der Waals surface area contributed by atoms with Gasteiger partial charge in [0.05, 0.1) is 12.0 Å². The minimum absolute atomic E-state index is 0.124. The molecule has 1 amide bonds. The van der Waals surface area contributed by atoms with Crippen molar-refractivity contribution >= 4 is 5.91 Å². The summed E-state index contributed by atoms with van der Waals surface area (Å²) in [5.41, 5.74) is 0. The SMILES string of the molecule is CCCNC(=O)C1CCCN(CCC#N)C1. The number of nitrogens with one attached hydrogen (secondary N) is 1. The number of hydrogen-bond donors (Lipinski definition) is 1. The van der Waals surface area contributed by atoms with Crippen molar-refractivity contribution in [1.82, 2.24) is 10.2 Å². The molecule has 1 heterocycles. The van der Waals surface area contributed by atoms with Gasteiger partial charge in [0.15, 0.2) is 0 Å². The second-order valence-corrected chi connectivity index (χ2v) is 4.34. The molecule has 0 aromatic carbocycles. The number of carbonyl (C=O) groups is 1. The summed E-state index contributed by atoms with van der Waals surface area (Å²) in [6, 6.07) is 2.15. The molecule has 16 heavy (non-hydrogen) atoms.